The third-order valence-corrected chi connectivity index (χ3v) is 5.51. The van der Waals surface area contributed by atoms with Crippen LogP contribution >= 0.6 is 6.70 Å². The summed E-state index contributed by atoms with van der Waals surface area (Å²) in [5.41, 5.74) is 1.24. The molecule has 2 aromatic rings. The molecule has 0 aliphatic carbocycles. The van der Waals surface area contributed by atoms with Gasteiger partial charge in [-0.05, 0) is 23.8 Å². The number of benzene rings is 2. The van der Waals surface area contributed by atoms with Gasteiger partial charge in [0, 0.05) is 6.42 Å². The van der Waals surface area contributed by atoms with Gasteiger partial charge in [0.15, 0.2) is 17.1 Å². The molecule has 0 spiro atoms. The van der Waals surface area contributed by atoms with Gasteiger partial charge in [-0.3, -0.25) is 0 Å². The highest BCUT2D eigenvalue weighted by Gasteiger charge is 2.14. The van der Waals surface area contributed by atoms with Gasteiger partial charge in [-0.2, -0.15) is 0 Å². The molecule has 0 radical (unpaired) electrons. The average Bonchev–Trinajstić information content (AvgIpc) is 2.46. The van der Waals surface area contributed by atoms with E-state index in [0.29, 0.717) is 0 Å². The lowest BCUT2D eigenvalue weighted by atomic mass is 10.1. The van der Waals surface area contributed by atoms with E-state index in [0.717, 1.165) is 18.3 Å². The summed E-state index contributed by atoms with van der Waals surface area (Å²) < 4.78 is 5.36. The highest BCUT2D eigenvalue weighted by molar-refractivity contribution is 8.08. The molecule has 3 heteroatoms. The normalized spacial score (nSPS) is 11.1. The summed E-state index contributed by atoms with van der Waals surface area (Å²) in [5, 5.41) is 1.29. The maximum absolute atomic E-state index is 5.61. The Balaban J connectivity index is 2.02. The van der Waals surface area contributed by atoms with E-state index in [2.05, 4.69) is 30.3 Å². The van der Waals surface area contributed by atoms with E-state index >= 15 is 0 Å². The smallest absolute Gasteiger partial charge is 0.212 e. The summed E-state index contributed by atoms with van der Waals surface area (Å²) in [6.45, 7) is -0.489. The number of hydrogen-bond donors (Lipinski definition) is 0. The summed E-state index contributed by atoms with van der Waals surface area (Å²) in [6.07, 6.45) is 2.00. The van der Waals surface area contributed by atoms with Crippen LogP contribution < -0.4 is 10.0 Å². The maximum Gasteiger partial charge on any atom is 0.212 e. The van der Waals surface area contributed by atoms with Crippen LogP contribution in [-0.4, -0.2) is 13.3 Å². The molecular weight excluding hydrogens is 259 g/mol. The molecule has 1 atom stereocenters. The molecule has 0 aromatic heterocycles. The predicted molar refractivity (Wildman–Crippen MR) is 81.9 cm³/mol. The molecule has 2 aromatic carbocycles. The first-order valence-corrected chi connectivity index (χ1v) is 8.47. The van der Waals surface area contributed by atoms with Crippen molar-refractivity contribution in [1.29, 1.82) is 0 Å². The lowest BCUT2D eigenvalue weighted by Gasteiger charge is -2.05. The van der Waals surface area contributed by atoms with Gasteiger partial charge in [-0.15, -0.1) is 0 Å². The number of ether oxygens (including phenoxy) is 1. The SMILES string of the molecule is COc1ccccc1CC[P+](=S)c1ccccc1. The molecule has 18 heavy (non-hydrogen) atoms. The largest absolute Gasteiger partial charge is 0.496 e. The van der Waals surface area contributed by atoms with Crippen LogP contribution in [0.3, 0.4) is 0 Å². The van der Waals surface area contributed by atoms with Crippen LogP contribution in [0.4, 0.5) is 0 Å². The zero-order valence-electron chi connectivity index (χ0n) is 10.4. The summed E-state index contributed by atoms with van der Waals surface area (Å²) >= 11 is 5.61. The van der Waals surface area contributed by atoms with Crippen LogP contribution in [0.1, 0.15) is 5.56 Å². The van der Waals surface area contributed by atoms with Gasteiger partial charge in [0.1, 0.15) is 11.9 Å². The average molecular weight is 275 g/mol. The second-order valence-electron chi connectivity index (χ2n) is 4.00. The summed E-state index contributed by atoms with van der Waals surface area (Å²) in [5.74, 6) is 0.962. The van der Waals surface area contributed by atoms with Gasteiger partial charge in [0.2, 0.25) is 6.70 Å². The third-order valence-electron chi connectivity index (χ3n) is 2.82. The Labute approximate surface area is 114 Å². The number of aryl methyl sites for hydroxylation is 1. The van der Waals surface area contributed by atoms with Crippen molar-refractivity contribution in [2.45, 2.75) is 6.42 Å². The fourth-order valence-electron chi connectivity index (χ4n) is 1.85. The first-order valence-electron chi connectivity index (χ1n) is 5.93. The van der Waals surface area contributed by atoms with Crippen molar-refractivity contribution in [2.24, 2.45) is 0 Å². The molecule has 0 N–H and O–H groups in total. The molecule has 0 heterocycles. The Bertz CT molecular complexity index is 525. The fraction of sp³-hybridized carbons (Fsp3) is 0.200. The third kappa shape index (κ3) is 3.38. The minimum atomic E-state index is -0.489. The number of hydrogen-bond acceptors (Lipinski definition) is 2. The monoisotopic (exact) mass is 275 g/mol. The number of rotatable bonds is 5. The molecule has 0 saturated heterocycles. The Kier molecular flexibility index (Phi) is 4.86. The quantitative estimate of drug-likeness (QED) is 0.772. The van der Waals surface area contributed by atoms with E-state index in [4.69, 9.17) is 16.5 Å². The standard InChI is InChI=1S/C15H16OPS/c1-16-15-10-6-5-7-13(15)11-12-17(18)14-8-3-2-4-9-14/h2-10H,11-12H2,1H3/q+1. The van der Waals surface area contributed by atoms with Crippen LogP contribution in [0.25, 0.3) is 0 Å². The van der Waals surface area contributed by atoms with E-state index in [9.17, 15) is 0 Å². The molecular formula is C15H16OPS+. The molecule has 1 unspecified atom stereocenters. The van der Waals surface area contributed by atoms with Crippen LogP contribution in [0.2, 0.25) is 0 Å². The first kappa shape index (κ1) is 13.2. The molecule has 0 amide bonds. The van der Waals surface area contributed by atoms with Gasteiger partial charge in [0.25, 0.3) is 0 Å². The predicted octanol–water partition coefficient (Wildman–Crippen LogP) is 3.51. The highest BCUT2D eigenvalue weighted by Crippen LogP contribution is 2.25. The van der Waals surface area contributed by atoms with E-state index in [1.807, 2.05) is 24.3 Å². The minimum absolute atomic E-state index is 0.489. The maximum atomic E-state index is 5.61. The van der Waals surface area contributed by atoms with Crippen LogP contribution in [0.5, 0.6) is 5.75 Å². The van der Waals surface area contributed by atoms with Gasteiger partial charge in [-0.1, -0.05) is 36.4 Å². The molecule has 0 aliphatic rings. The number of para-hydroxylation sites is 1. The van der Waals surface area contributed by atoms with E-state index in [1.54, 1.807) is 7.11 Å². The van der Waals surface area contributed by atoms with E-state index in [1.165, 1.54) is 10.9 Å². The minimum Gasteiger partial charge on any atom is -0.496 e. The Morgan fingerprint density at radius 3 is 2.39 bits per heavy atom. The van der Waals surface area contributed by atoms with Crippen molar-refractivity contribution in [3.05, 3.63) is 60.2 Å². The van der Waals surface area contributed by atoms with Crippen LogP contribution in [0.15, 0.2) is 54.6 Å². The van der Waals surface area contributed by atoms with Crippen molar-refractivity contribution in [3.63, 3.8) is 0 Å². The highest BCUT2D eigenvalue weighted by atomic mass is 32.4. The van der Waals surface area contributed by atoms with Crippen molar-refractivity contribution in [3.8, 4) is 5.75 Å². The Morgan fingerprint density at radius 1 is 1.00 bits per heavy atom. The van der Waals surface area contributed by atoms with Crippen molar-refractivity contribution < 1.29 is 4.74 Å². The summed E-state index contributed by atoms with van der Waals surface area (Å²) in [6, 6.07) is 18.6. The van der Waals surface area contributed by atoms with Crippen molar-refractivity contribution >= 4 is 23.8 Å². The molecule has 0 saturated carbocycles. The molecule has 1 nitrogen and oxygen atoms in total. The van der Waals surface area contributed by atoms with E-state index in [-0.39, 0.29) is 0 Å². The molecule has 0 bridgehead atoms. The zero-order chi connectivity index (χ0) is 12.8. The Morgan fingerprint density at radius 2 is 1.67 bits per heavy atom. The Hall–Kier alpha value is -1.24. The lowest BCUT2D eigenvalue weighted by Crippen LogP contribution is -2.00. The lowest BCUT2D eigenvalue weighted by molar-refractivity contribution is 0.410. The molecule has 92 valence electrons. The fourth-order valence-corrected chi connectivity index (χ4v) is 3.70. The van der Waals surface area contributed by atoms with Gasteiger partial charge < -0.3 is 4.74 Å². The summed E-state index contributed by atoms with van der Waals surface area (Å²) in [7, 11) is 1.71. The summed E-state index contributed by atoms with van der Waals surface area (Å²) in [4.78, 5) is 0. The molecule has 2 rings (SSSR count). The van der Waals surface area contributed by atoms with Crippen LogP contribution in [0, 0.1) is 0 Å². The zero-order valence-corrected chi connectivity index (χ0v) is 12.1. The van der Waals surface area contributed by atoms with Gasteiger partial charge in [-0.25, -0.2) is 0 Å². The van der Waals surface area contributed by atoms with Gasteiger partial charge in [0.05, 0.1) is 7.11 Å². The second kappa shape index (κ2) is 6.63. The van der Waals surface area contributed by atoms with Crippen molar-refractivity contribution in [1.82, 2.24) is 0 Å². The van der Waals surface area contributed by atoms with Crippen LogP contribution in [-0.2, 0) is 18.2 Å². The van der Waals surface area contributed by atoms with Gasteiger partial charge >= 0.3 is 0 Å². The second-order valence-corrected chi connectivity index (χ2v) is 7.04. The molecule has 0 aliphatic heterocycles. The first-order chi connectivity index (χ1) is 8.81. The van der Waals surface area contributed by atoms with Crippen molar-refractivity contribution in [2.75, 3.05) is 13.3 Å². The topological polar surface area (TPSA) is 9.23 Å². The molecule has 0 fully saturated rings. The number of methoxy groups -OCH3 is 1. The van der Waals surface area contributed by atoms with E-state index < -0.39 is 6.70 Å².